The number of hydrogen-bond acceptors (Lipinski definition) is 5. The molecule has 2 aromatic rings. The molecule has 2 aromatic carbocycles. The Morgan fingerprint density at radius 2 is 1.79 bits per heavy atom. The van der Waals surface area contributed by atoms with Crippen molar-refractivity contribution in [2.75, 3.05) is 24.2 Å². The fraction of sp³-hybridized carbons (Fsp3) is 0.481. The summed E-state index contributed by atoms with van der Waals surface area (Å²) in [6.07, 6.45) is 2.56. The topological polar surface area (TPSA) is 96.0 Å². The van der Waals surface area contributed by atoms with E-state index in [1.807, 2.05) is 20.8 Å². The smallest absolute Gasteiger partial charge is 0.243 e. The number of halogens is 2. The lowest BCUT2D eigenvalue weighted by Crippen LogP contribution is -2.50. The van der Waals surface area contributed by atoms with Gasteiger partial charge >= 0.3 is 0 Å². The molecule has 11 heteroatoms. The van der Waals surface area contributed by atoms with Crippen molar-refractivity contribution in [1.29, 1.82) is 0 Å². The number of benzene rings is 2. The maximum Gasteiger partial charge on any atom is 0.243 e. The molecule has 210 valence electrons. The number of rotatable bonds is 14. The van der Waals surface area contributed by atoms with E-state index in [1.165, 1.54) is 16.3 Å². The average molecular weight is 587 g/mol. The Morgan fingerprint density at radius 3 is 2.37 bits per heavy atom. The normalized spacial score (nSPS) is 12.9. The molecule has 0 saturated heterocycles. The fourth-order valence-corrected chi connectivity index (χ4v) is 5.39. The average Bonchev–Trinajstić information content (AvgIpc) is 2.86. The molecular weight excluding hydrogens is 549 g/mol. The van der Waals surface area contributed by atoms with Crippen molar-refractivity contribution in [2.24, 2.45) is 0 Å². The number of nitrogens with zero attached hydrogens (tertiary/aromatic N) is 2. The fourth-order valence-electron chi connectivity index (χ4n) is 3.96. The second-order valence-corrected chi connectivity index (χ2v) is 11.9. The number of amides is 2. The summed E-state index contributed by atoms with van der Waals surface area (Å²) < 4.78 is 31.5. The van der Waals surface area contributed by atoms with Crippen molar-refractivity contribution < 1.29 is 22.7 Å². The van der Waals surface area contributed by atoms with E-state index in [9.17, 15) is 18.0 Å². The van der Waals surface area contributed by atoms with Crippen LogP contribution in [0.4, 0.5) is 5.69 Å². The molecule has 0 unspecified atom stereocenters. The summed E-state index contributed by atoms with van der Waals surface area (Å²) in [4.78, 5) is 28.2. The first-order valence-electron chi connectivity index (χ1n) is 12.6. The summed E-state index contributed by atoms with van der Waals surface area (Å²) >= 11 is 12.4. The van der Waals surface area contributed by atoms with E-state index >= 15 is 0 Å². The molecule has 0 saturated carbocycles. The summed E-state index contributed by atoms with van der Waals surface area (Å²) in [6, 6.07) is 11.0. The molecule has 2 atom stereocenters. The maximum atomic E-state index is 13.5. The molecule has 1 N–H and O–H groups in total. The van der Waals surface area contributed by atoms with Gasteiger partial charge in [-0.1, -0.05) is 49.2 Å². The van der Waals surface area contributed by atoms with E-state index in [0.29, 0.717) is 33.5 Å². The van der Waals surface area contributed by atoms with Crippen molar-refractivity contribution in [1.82, 2.24) is 10.2 Å². The van der Waals surface area contributed by atoms with Crippen molar-refractivity contribution in [3.8, 4) is 5.75 Å². The number of nitrogens with one attached hydrogen (secondary N) is 1. The van der Waals surface area contributed by atoms with Gasteiger partial charge in [0.25, 0.3) is 0 Å². The highest BCUT2D eigenvalue weighted by Crippen LogP contribution is 2.26. The lowest BCUT2D eigenvalue weighted by molar-refractivity contribution is -0.141. The van der Waals surface area contributed by atoms with E-state index in [0.717, 1.165) is 12.7 Å². The highest BCUT2D eigenvalue weighted by molar-refractivity contribution is 7.92. The Kier molecular flexibility index (Phi) is 12.2. The summed E-state index contributed by atoms with van der Waals surface area (Å²) in [5.41, 5.74) is 1.11. The molecule has 38 heavy (non-hydrogen) atoms. The molecule has 8 nitrogen and oxygen atoms in total. The lowest BCUT2D eigenvalue weighted by Gasteiger charge is -2.32. The Hall–Kier alpha value is -2.49. The molecule has 0 aliphatic carbocycles. The van der Waals surface area contributed by atoms with Crippen LogP contribution in [0.15, 0.2) is 42.5 Å². The quantitative estimate of drug-likeness (QED) is 0.326. The first-order chi connectivity index (χ1) is 17.9. The van der Waals surface area contributed by atoms with Crippen LogP contribution in [0.1, 0.15) is 52.0 Å². The summed E-state index contributed by atoms with van der Waals surface area (Å²) in [7, 11) is -2.11. The molecular formula is C27H37Cl2N3O5S. The number of ether oxygens (including phenoxy) is 1. The van der Waals surface area contributed by atoms with Crippen LogP contribution in [-0.4, -0.2) is 57.1 Å². The Balaban J connectivity index is 2.27. The number of methoxy groups -OCH3 is 1. The molecule has 0 radical (unpaired) electrons. The highest BCUT2D eigenvalue weighted by Gasteiger charge is 2.30. The third-order valence-electron chi connectivity index (χ3n) is 6.24. The third-order valence-corrected chi connectivity index (χ3v) is 8.02. The second kappa shape index (κ2) is 14.6. The van der Waals surface area contributed by atoms with Crippen molar-refractivity contribution in [3.05, 3.63) is 58.1 Å². The number of carbonyl (C=O) groups excluding carboxylic acids is 2. The van der Waals surface area contributed by atoms with Crippen LogP contribution in [0.25, 0.3) is 0 Å². The standard InChI is InChI=1S/C27H37Cl2N3O5S/c1-6-19(3)30-27(34)25(7-2)31(18-20-13-14-21(28)16-24(20)29)26(33)12-9-15-32(38(5,35)36)22-10-8-11-23(17-22)37-4/h8,10-11,13-14,16-17,19,25H,6-7,9,12,15,18H2,1-5H3,(H,30,34)/t19-,25-/m1/s1. The molecule has 0 heterocycles. The minimum atomic E-state index is -3.61. The van der Waals surface area contributed by atoms with Gasteiger partial charge in [0, 0.05) is 41.7 Å². The van der Waals surface area contributed by atoms with Gasteiger partial charge < -0.3 is 15.0 Å². The van der Waals surface area contributed by atoms with Gasteiger partial charge in [-0.2, -0.15) is 0 Å². The zero-order valence-corrected chi connectivity index (χ0v) is 24.9. The highest BCUT2D eigenvalue weighted by atomic mass is 35.5. The van der Waals surface area contributed by atoms with Crippen LogP contribution in [0.5, 0.6) is 5.75 Å². The van der Waals surface area contributed by atoms with Gasteiger partial charge in [0.15, 0.2) is 0 Å². The minimum absolute atomic E-state index is 0.0360. The molecule has 0 spiro atoms. The van der Waals surface area contributed by atoms with Crippen molar-refractivity contribution in [3.63, 3.8) is 0 Å². The number of carbonyl (C=O) groups is 2. The summed E-state index contributed by atoms with van der Waals surface area (Å²) in [5, 5.41) is 3.83. The zero-order chi connectivity index (χ0) is 28.5. The van der Waals surface area contributed by atoms with E-state index < -0.39 is 16.1 Å². The molecule has 2 rings (SSSR count). The van der Waals surface area contributed by atoms with Gasteiger partial charge in [-0.3, -0.25) is 13.9 Å². The molecule has 0 aliphatic heterocycles. The van der Waals surface area contributed by atoms with Gasteiger partial charge in [0.2, 0.25) is 21.8 Å². The largest absolute Gasteiger partial charge is 0.497 e. The van der Waals surface area contributed by atoms with Crippen LogP contribution >= 0.6 is 23.2 Å². The van der Waals surface area contributed by atoms with Crippen LogP contribution in [-0.2, 0) is 26.2 Å². The molecule has 0 aliphatic rings. The number of hydrogen-bond donors (Lipinski definition) is 1. The van der Waals surface area contributed by atoms with Gasteiger partial charge in [0.05, 0.1) is 19.1 Å². The second-order valence-electron chi connectivity index (χ2n) is 9.14. The van der Waals surface area contributed by atoms with Crippen molar-refractivity contribution >= 4 is 50.7 Å². The first-order valence-corrected chi connectivity index (χ1v) is 15.2. The Morgan fingerprint density at radius 1 is 1.08 bits per heavy atom. The van der Waals surface area contributed by atoms with Gasteiger partial charge in [-0.25, -0.2) is 8.42 Å². The SMILES string of the molecule is CC[C@@H](C)NC(=O)[C@@H](CC)N(Cc1ccc(Cl)cc1Cl)C(=O)CCCN(c1cccc(OC)c1)S(C)(=O)=O. The molecule has 0 bridgehead atoms. The van der Waals surface area contributed by atoms with Gasteiger partial charge in [0.1, 0.15) is 11.8 Å². The monoisotopic (exact) mass is 585 g/mol. The van der Waals surface area contributed by atoms with Crippen LogP contribution in [0.2, 0.25) is 10.0 Å². The molecule has 2 amide bonds. The van der Waals surface area contributed by atoms with Crippen LogP contribution in [0.3, 0.4) is 0 Å². The predicted octanol–water partition coefficient (Wildman–Crippen LogP) is 5.27. The third kappa shape index (κ3) is 9.06. The zero-order valence-electron chi connectivity index (χ0n) is 22.5. The van der Waals surface area contributed by atoms with Crippen LogP contribution < -0.4 is 14.4 Å². The molecule has 0 aromatic heterocycles. The summed E-state index contributed by atoms with van der Waals surface area (Å²) in [5.74, 6) is 0.00652. The predicted molar refractivity (Wildman–Crippen MR) is 153 cm³/mol. The minimum Gasteiger partial charge on any atom is -0.497 e. The Bertz CT molecular complexity index is 1210. The first kappa shape index (κ1) is 31.7. The van der Waals surface area contributed by atoms with Crippen molar-refractivity contribution in [2.45, 2.75) is 65.1 Å². The van der Waals surface area contributed by atoms with E-state index in [1.54, 1.807) is 42.5 Å². The van der Waals surface area contributed by atoms with E-state index in [-0.39, 0.29) is 43.8 Å². The number of anilines is 1. The van der Waals surface area contributed by atoms with Gasteiger partial charge in [-0.05, 0) is 56.0 Å². The van der Waals surface area contributed by atoms with Crippen LogP contribution in [0, 0.1) is 0 Å². The summed E-state index contributed by atoms with van der Waals surface area (Å²) in [6.45, 7) is 5.93. The maximum absolute atomic E-state index is 13.5. The lowest BCUT2D eigenvalue weighted by atomic mass is 10.1. The van der Waals surface area contributed by atoms with E-state index in [4.69, 9.17) is 27.9 Å². The molecule has 0 fully saturated rings. The number of sulfonamides is 1. The van der Waals surface area contributed by atoms with E-state index in [2.05, 4.69) is 5.32 Å². The Labute approximate surface area is 236 Å². The van der Waals surface area contributed by atoms with Gasteiger partial charge in [-0.15, -0.1) is 0 Å².